The van der Waals surface area contributed by atoms with E-state index < -0.39 is 0 Å². The van der Waals surface area contributed by atoms with Crippen molar-refractivity contribution in [1.82, 2.24) is 5.32 Å². The lowest BCUT2D eigenvalue weighted by molar-refractivity contribution is 0.244. The van der Waals surface area contributed by atoms with Crippen LogP contribution in [-0.4, -0.2) is 26.7 Å². The number of aliphatic imine (C=N–C) groups is 1. The Balaban J connectivity index is 1.60. The second-order valence-corrected chi connectivity index (χ2v) is 6.74. The lowest BCUT2D eigenvalue weighted by Crippen LogP contribution is -2.47. The van der Waals surface area contributed by atoms with Crippen molar-refractivity contribution in [3.63, 3.8) is 0 Å². The van der Waals surface area contributed by atoms with E-state index in [0.29, 0.717) is 24.0 Å². The molecule has 0 spiro atoms. The molecule has 0 heterocycles. The SMILES string of the molecule is COc1ccc(CN=C(N)NCC2(c3ccccc3)CCC2)cc1OC. The molecule has 138 valence electrons. The van der Waals surface area contributed by atoms with Gasteiger partial charge in [0.2, 0.25) is 0 Å². The minimum absolute atomic E-state index is 0.185. The van der Waals surface area contributed by atoms with E-state index in [1.165, 1.54) is 24.8 Å². The number of methoxy groups -OCH3 is 2. The highest BCUT2D eigenvalue weighted by Gasteiger charge is 2.38. The molecule has 5 nitrogen and oxygen atoms in total. The van der Waals surface area contributed by atoms with E-state index in [1.54, 1.807) is 14.2 Å². The summed E-state index contributed by atoms with van der Waals surface area (Å²) in [6.45, 7) is 1.32. The quantitative estimate of drug-likeness (QED) is 0.592. The lowest BCUT2D eigenvalue weighted by Gasteiger charge is -2.42. The van der Waals surface area contributed by atoms with Gasteiger partial charge in [-0.15, -0.1) is 0 Å². The van der Waals surface area contributed by atoms with Crippen molar-refractivity contribution in [2.24, 2.45) is 10.7 Å². The Hall–Kier alpha value is -2.69. The van der Waals surface area contributed by atoms with Crippen molar-refractivity contribution >= 4 is 5.96 Å². The Morgan fingerprint density at radius 2 is 1.81 bits per heavy atom. The van der Waals surface area contributed by atoms with Crippen LogP contribution in [0.25, 0.3) is 0 Å². The first-order valence-corrected chi connectivity index (χ1v) is 8.97. The van der Waals surface area contributed by atoms with Crippen LogP contribution in [0.4, 0.5) is 0 Å². The molecule has 0 amide bonds. The zero-order chi connectivity index (χ0) is 18.4. The number of benzene rings is 2. The van der Waals surface area contributed by atoms with E-state index in [4.69, 9.17) is 15.2 Å². The van der Waals surface area contributed by atoms with E-state index in [1.807, 2.05) is 18.2 Å². The molecule has 5 heteroatoms. The van der Waals surface area contributed by atoms with E-state index in [-0.39, 0.29) is 5.41 Å². The molecule has 0 bridgehead atoms. The van der Waals surface area contributed by atoms with Gasteiger partial charge in [-0.25, -0.2) is 4.99 Å². The van der Waals surface area contributed by atoms with Crippen LogP contribution in [0.5, 0.6) is 11.5 Å². The van der Waals surface area contributed by atoms with Crippen molar-refractivity contribution in [3.8, 4) is 11.5 Å². The fourth-order valence-electron chi connectivity index (χ4n) is 3.43. The van der Waals surface area contributed by atoms with Gasteiger partial charge in [0.25, 0.3) is 0 Å². The molecule has 1 aliphatic rings. The van der Waals surface area contributed by atoms with Gasteiger partial charge in [-0.05, 0) is 36.1 Å². The number of hydrogen-bond donors (Lipinski definition) is 2. The Morgan fingerprint density at radius 3 is 2.42 bits per heavy atom. The third-order valence-electron chi connectivity index (χ3n) is 5.18. The average molecular weight is 353 g/mol. The first-order chi connectivity index (χ1) is 12.7. The standard InChI is InChI=1S/C21H27N3O2/c1-25-18-10-9-16(13-19(18)26-2)14-23-20(22)24-15-21(11-6-12-21)17-7-4-3-5-8-17/h3-5,7-10,13H,6,11-12,14-15H2,1-2H3,(H3,22,23,24). The highest BCUT2D eigenvalue weighted by atomic mass is 16.5. The molecular weight excluding hydrogens is 326 g/mol. The average Bonchev–Trinajstić information content (AvgIpc) is 2.66. The summed E-state index contributed by atoms with van der Waals surface area (Å²) in [5, 5.41) is 3.32. The largest absolute Gasteiger partial charge is 0.493 e. The maximum atomic E-state index is 6.10. The van der Waals surface area contributed by atoms with Gasteiger partial charge in [-0.2, -0.15) is 0 Å². The van der Waals surface area contributed by atoms with E-state index in [9.17, 15) is 0 Å². The first kappa shape index (κ1) is 18.1. The molecule has 0 unspecified atom stereocenters. The summed E-state index contributed by atoms with van der Waals surface area (Å²) >= 11 is 0. The van der Waals surface area contributed by atoms with E-state index in [2.05, 4.69) is 40.6 Å². The molecule has 1 aliphatic carbocycles. The van der Waals surface area contributed by atoms with Crippen LogP contribution in [0, 0.1) is 0 Å². The van der Waals surface area contributed by atoms with Crippen molar-refractivity contribution in [3.05, 3.63) is 59.7 Å². The molecule has 1 saturated carbocycles. The molecule has 0 radical (unpaired) electrons. The Morgan fingerprint density at radius 1 is 1.08 bits per heavy atom. The second kappa shape index (κ2) is 8.13. The second-order valence-electron chi connectivity index (χ2n) is 6.74. The van der Waals surface area contributed by atoms with Crippen molar-refractivity contribution in [2.45, 2.75) is 31.2 Å². The van der Waals surface area contributed by atoms with Gasteiger partial charge in [0.15, 0.2) is 17.5 Å². The third kappa shape index (κ3) is 3.93. The van der Waals surface area contributed by atoms with Gasteiger partial charge in [0.05, 0.1) is 20.8 Å². The monoisotopic (exact) mass is 353 g/mol. The minimum atomic E-state index is 0.185. The summed E-state index contributed by atoms with van der Waals surface area (Å²) < 4.78 is 10.6. The number of ether oxygens (including phenoxy) is 2. The number of guanidine groups is 1. The van der Waals surface area contributed by atoms with Crippen LogP contribution in [0.3, 0.4) is 0 Å². The van der Waals surface area contributed by atoms with Crippen LogP contribution < -0.4 is 20.5 Å². The summed E-state index contributed by atoms with van der Waals surface area (Å²) in [4.78, 5) is 4.47. The van der Waals surface area contributed by atoms with Gasteiger partial charge in [0, 0.05) is 12.0 Å². The van der Waals surface area contributed by atoms with Crippen molar-refractivity contribution < 1.29 is 9.47 Å². The highest BCUT2D eigenvalue weighted by Crippen LogP contribution is 2.43. The van der Waals surface area contributed by atoms with Crippen LogP contribution in [0.1, 0.15) is 30.4 Å². The molecule has 0 saturated heterocycles. The van der Waals surface area contributed by atoms with Crippen molar-refractivity contribution in [2.75, 3.05) is 20.8 Å². The van der Waals surface area contributed by atoms with Crippen LogP contribution in [0.15, 0.2) is 53.5 Å². The van der Waals surface area contributed by atoms with Gasteiger partial charge in [0.1, 0.15) is 0 Å². The first-order valence-electron chi connectivity index (χ1n) is 8.97. The Bertz CT molecular complexity index is 755. The normalized spacial score (nSPS) is 15.8. The predicted molar refractivity (Wildman–Crippen MR) is 105 cm³/mol. The molecule has 0 aliphatic heterocycles. The smallest absolute Gasteiger partial charge is 0.188 e. The molecule has 2 aromatic rings. The van der Waals surface area contributed by atoms with Crippen LogP contribution in [0.2, 0.25) is 0 Å². The topological polar surface area (TPSA) is 68.9 Å². The molecule has 0 atom stereocenters. The number of hydrogen-bond acceptors (Lipinski definition) is 3. The summed E-state index contributed by atoms with van der Waals surface area (Å²) in [6, 6.07) is 16.4. The Labute approximate surface area is 155 Å². The zero-order valence-corrected chi connectivity index (χ0v) is 15.5. The zero-order valence-electron chi connectivity index (χ0n) is 15.5. The minimum Gasteiger partial charge on any atom is -0.493 e. The predicted octanol–water partition coefficient (Wildman–Crippen LogP) is 3.23. The lowest BCUT2D eigenvalue weighted by atomic mass is 9.64. The molecule has 3 rings (SSSR count). The molecular formula is C21H27N3O2. The van der Waals surface area contributed by atoms with Gasteiger partial charge >= 0.3 is 0 Å². The highest BCUT2D eigenvalue weighted by molar-refractivity contribution is 5.78. The summed E-state index contributed by atoms with van der Waals surface area (Å²) in [6.07, 6.45) is 3.64. The number of rotatable bonds is 7. The molecule has 3 N–H and O–H groups in total. The molecule has 0 aromatic heterocycles. The Kier molecular flexibility index (Phi) is 5.66. The summed E-state index contributed by atoms with van der Waals surface area (Å²) in [7, 11) is 3.25. The van der Waals surface area contributed by atoms with Gasteiger partial charge in [-0.1, -0.05) is 42.8 Å². The maximum absolute atomic E-state index is 6.10. The summed E-state index contributed by atoms with van der Waals surface area (Å²) in [5.41, 5.74) is 8.68. The van der Waals surface area contributed by atoms with Crippen molar-refractivity contribution in [1.29, 1.82) is 0 Å². The van der Waals surface area contributed by atoms with E-state index in [0.717, 1.165) is 12.1 Å². The van der Waals surface area contributed by atoms with Gasteiger partial charge < -0.3 is 20.5 Å². The number of nitrogens with zero attached hydrogens (tertiary/aromatic N) is 1. The van der Waals surface area contributed by atoms with Crippen LogP contribution in [-0.2, 0) is 12.0 Å². The fourth-order valence-corrected chi connectivity index (χ4v) is 3.43. The molecule has 1 fully saturated rings. The summed E-state index contributed by atoms with van der Waals surface area (Å²) in [5.74, 6) is 1.88. The molecule has 2 aromatic carbocycles. The molecule has 26 heavy (non-hydrogen) atoms. The number of nitrogens with one attached hydrogen (secondary N) is 1. The maximum Gasteiger partial charge on any atom is 0.188 e. The number of nitrogens with two attached hydrogens (primary N) is 1. The van der Waals surface area contributed by atoms with Crippen LogP contribution >= 0.6 is 0 Å². The van der Waals surface area contributed by atoms with E-state index >= 15 is 0 Å². The third-order valence-corrected chi connectivity index (χ3v) is 5.18. The fraction of sp³-hybridized carbons (Fsp3) is 0.381. The van der Waals surface area contributed by atoms with Gasteiger partial charge in [-0.3, -0.25) is 0 Å².